The van der Waals surface area contributed by atoms with E-state index in [-0.39, 0.29) is 0 Å². The Hall–Kier alpha value is -0.200. The van der Waals surface area contributed by atoms with Crippen LogP contribution >= 0.6 is 23.2 Å². The summed E-state index contributed by atoms with van der Waals surface area (Å²) in [6.45, 7) is 3.76. The molecular weight excluding hydrogens is 167 g/mol. The van der Waals surface area contributed by atoms with Gasteiger partial charge in [-0.3, -0.25) is 0 Å². The smallest absolute Gasteiger partial charge is 0.0417 e. The molecule has 0 aromatic heterocycles. The normalized spacial score (nSPS) is 14.8. The molecule has 0 fully saturated rings. The molecule has 0 aromatic rings. The number of hydrogen-bond donors (Lipinski definition) is 0. The first-order valence-electron chi connectivity index (χ1n) is 3.02. The van der Waals surface area contributed by atoms with E-state index in [1.165, 1.54) is 0 Å². The van der Waals surface area contributed by atoms with Crippen LogP contribution in [0.1, 0.15) is 13.8 Å². The SMILES string of the molecule is C/C=C/C(Cl)=C\C(Cl)=C/C. The summed E-state index contributed by atoms with van der Waals surface area (Å²) in [5.74, 6) is 0. The quantitative estimate of drug-likeness (QED) is 0.562. The van der Waals surface area contributed by atoms with Crippen molar-refractivity contribution >= 4 is 23.2 Å². The van der Waals surface area contributed by atoms with E-state index in [2.05, 4.69) is 0 Å². The maximum atomic E-state index is 5.70. The zero-order valence-electron chi connectivity index (χ0n) is 6.07. The molecule has 0 aliphatic carbocycles. The van der Waals surface area contributed by atoms with Crippen LogP contribution in [0.25, 0.3) is 0 Å². The van der Waals surface area contributed by atoms with E-state index in [4.69, 9.17) is 23.2 Å². The van der Waals surface area contributed by atoms with Crippen LogP contribution in [0.5, 0.6) is 0 Å². The molecule has 2 heteroatoms. The Kier molecular flexibility index (Phi) is 5.46. The van der Waals surface area contributed by atoms with Crippen LogP contribution in [0, 0.1) is 0 Å². The summed E-state index contributed by atoms with van der Waals surface area (Å²) in [7, 11) is 0. The molecule has 0 nitrogen and oxygen atoms in total. The average molecular weight is 177 g/mol. The predicted molar refractivity (Wildman–Crippen MR) is 48.4 cm³/mol. The Morgan fingerprint density at radius 1 is 1.10 bits per heavy atom. The molecule has 0 radical (unpaired) electrons. The lowest BCUT2D eigenvalue weighted by atomic mass is 10.4. The van der Waals surface area contributed by atoms with Crippen molar-refractivity contribution in [2.24, 2.45) is 0 Å². The second-order valence-corrected chi connectivity index (χ2v) is 2.58. The molecule has 0 spiro atoms. The highest BCUT2D eigenvalue weighted by atomic mass is 35.5. The van der Waals surface area contributed by atoms with Gasteiger partial charge in [0, 0.05) is 10.1 Å². The molecule has 0 saturated heterocycles. The van der Waals surface area contributed by atoms with Crippen molar-refractivity contribution in [1.29, 1.82) is 0 Å². The summed E-state index contributed by atoms with van der Waals surface area (Å²) in [6, 6.07) is 0. The Bertz CT molecular complexity index is 176. The van der Waals surface area contributed by atoms with Crippen molar-refractivity contribution in [3.63, 3.8) is 0 Å². The van der Waals surface area contributed by atoms with Gasteiger partial charge in [-0.2, -0.15) is 0 Å². The molecule has 0 saturated carbocycles. The molecule has 0 bridgehead atoms. The highest BCUT2D eigenvalue weighted by Gasteiger charge is 1.85. The van der Waals surface area contributed by atoms with Gasteiger partial charge >= 0.3 is 0 Å². The fourth-order valence-corrected chi connectivity index (χ4v) is 0.839. The zero-order chi connectivity index (χ0) is 7.98. The zero-order valence-corrected chi connectivity index (χ0v) is 7.58. The molecule has 0 aliphatic rings. The molecule has 0 amide bonds. The molecule has 0 N–H and O–H groups in total. The number of halogens is 2. The van der Waals surface area contributed by atoms with Gasteiger partial charge in [0.15, 0.2) is 0 Å². The standard InChI is InChI=1S/C8H10Cl2/c1-3-5-8(10)6-7(9)4-2/h3-6H,1-2H3/b5-3+,7-4+,8-6+. The van der Waals surface area contributed by atoms with Gasteiger partial charge in [0.25, 0.3) is 0 Å². The fourth-order valence-electron chi connectivity index (χ4n) is 0.422. The van der Waals surface area contributed by atoms with Gasteiger partial charge in [0.1, 0.15) is 0 Å². The molecular formula is C8H10Cl2. The minimum absolute atomic E-state index is 0.644. The highest BCUT2D eigenvalue weighted by Crippen LogP contribution is 2.11. The van der Waals surface area contributed by atoms with Gasteiger partial charge in [0.2, 0.25) is 0 Å². The van der Waals surface area contributed by atoms with Crippen LogP contribution in [0.15, 0.2) is 34.4 Å². The lowest BCUT2D eigenvalue weighted by molar-refractivity contribution is 1.66. The van der Waals surface area contributed by atoms with Crippen LogP contribution < -0.4 is 0 Å². The minimum Gasteiger partial charge on any atom is -0.0862 e. The second kappa shape index (κ2) is 5.57. The van der Waals surface area contributed by atoms with Crippen LogP contribution in [0.2, 0.25) is 0 Å². The lowest BCUT2D eigenvalue weighted by Crippen LogP contribution is -1.64. The molecule has 56 valence electrons. The topological polar surface area (TPSA) is 0 Å². The predicted octanol–water partition coefficient (Wildman–Crippen LogP) is 3.83. The number of rotatable bonds is 2. The number of allylic oxidation sites excluding steroid dienone is 6. The van der Waals surface area contributed by atoms with Crippen molar-refractivity contribution in [3.05, 3.63) is 34.4 Å². The minimum atomic E-state index is 0.644. The Morgan fingerprint density at radius 2 is 1.70 bits per heavy atom. The maximum Gasteiger partial charge on any atom is 0.0417 e. The number of hydrogen-bond acceptors (Lipinski definition) is 0. The third kappa shape index (κ3) is 4.66. The molecule has 0 heterocycles. The monoisotopic (exact) mass is 176 g/mol. The fraction of sp³-hybridized carbons (Fsp3) is 0.250. The van der Waals surface area contributed by atoms with E-state index in [9.17, 15) is 0 Å². The van der Waals surface area contributed by atoms with E-state index >= 15 is 0 Å². The molecule has 0 aliphatic heterocycles. The lowest BCUT2D eigenvalue weighted by Gasteiger charge is -1.87. The van der Waals surface area contributed by atoms with E-state index in [1.807, 2.05) is 19.9 Å². The first kappa shape index (κ1) is 9.80. The van der Waals surface area contributed by atoms with Gasteiger partial charge < -0.3 is 0 Å². The van der Waals surface area contributed by atoms with Crippen molar-refractivity contribution in [2.75, 3.05) is 0 Å². The van der Waals surface area contributed by atoms with Crippen molar-refractivity contribution < 1.29 is 0 Å². The van der Waals surface area contributed by atoms with E-state index in [0.717, 1.165) is 0 Å². The van der Waals surface area contributed by atoms with Crippen molar-refractivity contribution in [2.45, 2.75) is 13.8 Å². The summed E-state index contributed by atoms with van der Waals surface area (Å²) >= 11 is 11.4. The molecule has 10 heavy (non-hydrogen) atoms. The van der Waals surface area contributed by atoms with E-state index < -0.39 is 0 Å². The molecule has 0 aromatic carbocycles. The molecule has 0 rings (SSSR count). The van der Waals surface area contributed by atoms with Crippen molar-refractivity contribution in [1.82, 2.24) is 0 Å². The summed E-state index contributed by atoms with van der Waals surface area (Å²) in [6.07, 6.45) is 7.13. The molecule has 0 unspecified atom stereocenters. The summed E-state index contributed by atoms with van der Waals surface area (Å²) in [5, 5.41) is 1.30. The van der Waals surface area contributed by atoms with Crippen LogP contribution in [-0.4, -0.2) is 0 Å². The first-order chi connectivity index (χ1) is 4.70. The highest BCUT2D eigenvalue weighted by molar-refractivity contribution is 6.35. The van der Waals surface area contributed by atoms with Crippen LogP contribution in [0.3, 0.4) is 0 Å². The van der Waals surface area contributed by atoms with E-state index in [0.29, 0.717) is 10.1 Å². The van der Waals surface area contributed by atoms with Gasteiger partial charge in [0.05, 0.1) is 0 Å². The largest absolute Gasteiger partial charge is 0.0862 e. The van der Waals surface area contributed by atoms with Gasteiger partial charge in [-0.15, -0.1) is 0 Å². The van der Waals surface area contributed by atoms with Gasteiger partial charge in [-0.25, -0.2) is 0 Å². The molecule has 0 atom stereocenters. The Labute approximate surface area is 71.8 Å². The first-order valence-corrected chi connectivity index (χ1v) is 3.78. The average Bonchev–Trinajstić information content (AvgIpc) is 1.88. The van der Waals surface area contributed by atoms with Crippen LogP contribution in [0.4, 0.5) is 0 Å². The third-order valence-electron chi connectivity index (χ3n) is 0.877. The van der Waals surface area contributed by atoms with Gasteiger partial charge in [-0.05, 0) is 26.0 Å². The summed E-state index contributed by atoms with van der Waals surface area (Å²) in [4.78, 5) is 0. The Balaban J connectivity index is 4.16. The third-order valence-corrected chi connectivity index (χ3v) is 1.44. The Morgan fingerprint density at radius 3 is 2.10 bits per heavy atom. The second-order valence-electron chi connectivity index (χ2n) is 1.70. The van der Waals surface area contributed by atoms with Gasteiger partial charge in [-0.1, -0.05) is 35.4 Å². The summed E-state index contributed by atoms with van der Waals surface area (Å²) < 4.78 is 0. The van der Waals surface area contributed by atoms with Crippen LogP contribution in [-0.2, 0) is 0 Å². The maximum absolute atomic E-state index is 5.70. The summed E-state index contributed by atoms with van der Waals surface area (Å²) in [5.41, 5.74) is 0. The van der Waals surface area contributed by atoms with E-state index in [1.54, 1.807) is 18.2 Å². The van der Waals surface area contributed by atoms with Crippen molar-refractivity contribution in [3.8, 4) is 0 Å².